The number of imidazole rings is 1. The van der Waals surface area contributed by atoms with Crippen LogP contribution in [0.5, 0.6) is 0 Å². The lowest BCUT2D eigenvalue weighted by atomic mass is 9.92. The molecule has 0 aromatic carbocycles. The van der Waals surface area contributed by atoms with Crippen molar-refractivity contribution in [3.05, 3.63) is 16.7 Å². The number of nitrogens with one attached hydrogen (secondary N) is 2. The molecule has 0 fully saturated rings. The molecule has 0 spiro atoms. The number of hydrogen-bond acceptors (Lipinski definition) is 2. The van der Waals surface area contributed by atoms with Crippen molar-refractivity contribution < 1.29 is 4.79 Å². The Hall–Kier alpha value is -1.10. The molecular formula is C13H23N3OS. The van der Waals surface area contributed by atoms with Gasteiger partial charge in [-0.3, -0.25) is 4.79 Å². The normalized spacial score (nSPS) is 13.4. The van der Waals surface area contributed by atoms with Gasteiger partial charge in [-0.2, -0.15) is 0 Å². The van der Waals surface area contributed by atoms with Crippen molar-refractivity contribution in [3.8, 4) is 0 Å². The second kappa shape index (κ2) is 5.69. The van der Waals surface area contributed by atoms with Crippen LogP contribution in [0.3, 0.4) is 0 Å². The molecule has 2 N–H and O–H groups in total. The maximum Gasteiger partial charge on any atom is 0.242 e. The van der Waals surface area contributed by atoms with Gasteiger partial charge in [-0.25, -0.2) is 0 Å². The maximum atomic E-state index is 12.0. The molecule has 0 bridgehead atoms. The van der Waals surface area contributed by atoms with Crippen molar-refractivity contribution in [3.63, 3.8) is 0 Å². The van der Waals surface area contributed by atoms with E-state index >= 15 is 0 Å². The Kier molecular flexibility index (Phi) is 4.73. The van der Waals surface area contributed by atoms with Gasteiger partial charge in [0.15, 0.2) is 4.77 Å². The maximum absolute atomic E-state index is 12.0. The molecule has 1 atom stereocenters. The molecule has 4 nitrogen and oxygen atoms in total. The molecule has 5 heteroatoms. The summed E-state index contributed by atoms with van der Waals surface area (Å²) in [5.41, 5.74) is 0.999. The third-order valence-corrected chi connectivity index (χ3v) is 3.21. The number of nitrogens with zero attached hydrogens (tertiary/aromatic N) is 1. The minimum atomic E-state index is -0.287. The van der Waals surface area contributed by atoms with Gasteiger partial charge < -0.3 is 14.9 Å². The van der Waals surface area contributed by atoms with Crippen LogP contribution in [0.2, 0.25) is 0 Å². The molecule has 0 saturated carbocycles. The van der Waals surface area contributed by atoms with E-state index in [2.05, 4.69) is 31.1 Å². The quantitative estimate of drug-likeness (QED) is 0.826. The summed E-state index contributed by atoms with van der Waals surface area (Å²) in [6.07, 6.45) is 2.83. The lowest BCUT2D eigenvalue weighted by molar-refractivity contribution is -0.123. The number of aromatic nitrogens is 2. The summed E-state index contributed by atoms with van der Waals surface area (Å²) in [5.74, 6) is 0.0121. The molecule has 1 aromatic rings. The molecule has 0 aliphatic heterocycles. The van der Waals surface area contributed by atoms with Gasteiger partial charge in [-0.1, -0.05) is 27.7 Å². The van der Waals surface area contributed by atoms with Gasteiger partial charge >= 0.3 is 0 Å². The van der Waals surface area contributed by atoms with Crippen LogP contribution in [0.25, 0.3) is 0 Å². The number of amides is 1. The molecule has 1 heterocycles. The Bertz CT molecular complexity index is 467. The standard InChI is InChI=1S/C13H23N3OS/c1-6-7-14-11(17)9(2)16-10(13(3,4)5)8-15-12(16)18/h8-9H,6-7H2,1-5H3,(H,14,17)(H,15,18). The number of rotatable bonds is 4. The highest BCUT2D eigenvalue weighted by atomic mass is 32.1. The highest BCUT2D eigenvalue weighted by Crippen LogP contribution is 2.25. The van der Waals surface area contributed by atoms with E-state index in [4.69, 9.17) is 12.2 Å². The predicted molar refractivity (Wildman–Crippen MR) is 76.3 cm³/mol. The summed E-state index contributed by atoms with van der Waals surface area (Å²) >= 11 is 5.28. The van der Waals surface area contributed by atoms with Gasteiger partial charge in [-0.05, 0) is 25.6 Å². The Morgan fingerprint density at radius 3 is 2.67 bits per heavy atom. The van der Waals surface area contributed by atoms with Crippen LogP contribution in [0.4, 0.5) is 0 Å². The summed E-state index contributed by atoms with van der Waals surface area (Å²) < 4.78 is 2.50. The van der Waals surface area contributed by atoms with Crippen LogP contribution in [0.15, 0.2) is 6.20 Å². The molecule has 1 rings (SSSR count). The monoisotopic (exact) mass is 269 g/mol. The van der Waals surface area contributed by atoms with Crippen molar-refractivity contribution >= 4 is 18.1 Å². The Labute approximate surface area is 114 Å². The first kappa shape index (κ1) is 15.0. The number of hydrogen-bond donors (Lipinski definition) is 2. The molecule has 1 unspecified atom stereocenters. The van der Waals surface area contributed by atoms with E-state index in [1.54, 1.807) is 0 Å². The zero-order valence-electron chi connectivity index (χ0n) is 11.8. The van der Waals surface area contributed by atoms with E-state index in [9.17, 15) is 4.79 Å². The zero-order chi connectivity index (χ0) is 13.9. The van der Waals surface area contributed by atoms with Crippen molar-refractivity contribution in [2.75, 3.05) is 6.54 Å². The fourth-order valence-electron chi connectivity index (χ4n) is 1.85. The van der Waals surface area contributed by atoms with Crippen LogP contribution in [-0.4, -0.2) is 22.0 Å². The van der Waals surface area contributed by atoms with Gasteiger partial charge in [0.05, 0.1) is 0 Å². The number of carbonyl (C=O) groups excluding carboxylic acids is 1. The van der Waals surface area contributed by atoms with Crippen molar-refractivity contribution in [2.45, 2.75) is 52.5 Å². The fourth-order valence-corrected chi connectivity index (χ4v) is 2.17. The van der Waals surface area contributed by atoms with Crippen molar-refractivity contribution in [1.29, 1.82) is 0 Å². The summed E-state index contributed by atoms with van der Waals surface area (Å²) in [6.45, 7) is 10.9. The van der Waals surface area contributed by atoms with Crippen LogP contribution in [0.1, 0.15) is 52.8 Å². The van der Waals surface area contributed by atoms with E-state index < -0.39 is 0 Å². The number of aromatic amines is 1. The summed E-state index contributed by atoms with van der Waals surface area (Å²) in [4.78, 5) is 15.1. The first-order valence-corrected chi connectivity index (χ1v) is 6.78. The second-order valence-electron chi connectivity index (χ2n) is 5.57. The lowest BCUT2D eigenvalue weighted by Crippen LogP contribution is -2.33. The van der Waals surface area contributed by atoms with E-state index in [0.29, 0.717) is 11.3 Å². The molecule has 0 aliphatic rings. The fraction of sp³-hybridized carbons (Fsp3) is 0.692. The minimum Gasteiger partial charge on any atom is -0.354 e. The van der Waals surface area contributed by atoms with Gasteiger partial charge in [0, 0.05) is 23.9 Å². The molecular weight excluding hydrogens is 246 g/mol. The first-order chi connectivity index (χ1) is 8.29. The zero-order valence-corrected chi connectivity index (χ0v) is 12.6. The highest BCUT2D eigenvalue weighted by Gasteiger charge is 2.24. The molecule has 0 saturated heterocycles. The molecule has 0 radical (unpaired) electrons. The minimum absolute atomic E-state index is 0.0121. The van der Waals surface area contributed by atoms with E-state index in [1.165, 1.54) is 0 Å². The van der Waals surface area contributed by atoms with E-state index in [-0.39, 0.29) is 17.4 Å². The van der Waals surface area contributed by atoms with Crippen LogP contribution < -0.4 is 5.32 Å². The second-order valence-corrected chi connectivity index (χ2v) is 5.95. The van der Waals surface area contributed by atoms with Gasteiger partial charge in [-0.15, -0.1) is 0 Å². The van der Waals surface area contributed by atoms with Crippen LogP contribution in [0, 0.1) is 4.77 Å². The predicted octanol–water partition coefficient (Wildman–Crippen LogP) is 2.93. The van der Waals surface area contributed by atoms with Gasteiger partial charge in [0.1, 0.15) is 6.04 Å². The summed E-state index contributed by atoms with van der Waals surface area (Å²) in [5, 5.41) is 2.91. The van der Waals surface area contributed by atoms with Crippen LogP contribution in [-0.2, 0) is 10.2 Å². The average Bonchev–Trinajstić information content (AvgIpc) is 2.66. The smallest absolute Gasteiger partial charge is 0.242 e. The lowest BCUT2D eigenvalue weighted by Gasteiger charge is -2.24. The molecule has 18 heavy (non-hydrogen) atoms. The van der Waals surface area contributed by atoms with Crippen LogP contribution >= 0.6 is 12.2 Å². The molecule has 1 amide bonds. The third kappa shape index (κ3) is 3.22. The number of H-pyrrole nitrogens is 1. The molecule has 1 aromatic heterocycles. The molecule has 102 valence electrons. The first-order valence-electron chi connectivity index (χ1n) is 6.37. The average molecular weight is 269 g/mol. The van der Waals surface area contributed by atoms with Gasteiger partial charge in [0.25, 0.3) is 0 Å². The Balaban J connectivity index is 3.06. The van der Waals surface area contributed by atoms with E-state index in [0.717, 1.165) is 12.1 Å². The van der Waals surface area contributed by atoms with E-state index in [1.807, 2.05) is 24.6 Å². The SMILES string of the molecule is CCCNC(=O)C(C)n1c(C(C)(C)C)c[nH]c1=S. The summed E-state index contributed by atoms with van der Waals surface area (Å²) in [7, 11) is 0. The third-order valence-electron chi connectivity index (χ3n) is 2.90. The largest absolute Gasteiger partial charge is 0.354 e. The summed E-state index contributed by atoms with van der Waals surface area (Å²) in [6, 6.07) is -0.287. The van der Waals surface area contributed by atoms with Gasteiger partial charge in [0.2, 0.25) is 5.91 Å². The molecule has 0 aliphatic carbocycles. The highest BCUT2D eigenvalue weighted by molar-refractivity contribution is 7.71. The van der Waals surface area contributed by atoms with Crippen molar-refractivity contribution in [2.24, 2.45) is 0 Å². The topological polar surface area (TPSA) is 49.8 Å². The van der Waals surface area contributed by atoms with Crippen molar-refractivity contribution in [1.82, 2.24) is 14.9 Å². The Morgan fingerprint density at radius 2 is 2.17 bits per heavy atom. The number of carbonyl (C=O) groups is 1. The Morgan fingerprint density at radius 1 is 1.56 bits per heavy atom.